The third kappa shape index (κ3) is 6.27. The molecule has 5 N–H and O–H groups in total. The van der Waals surface area contributed by atoms with Crippen LogP contribution in [-0.2, 0) is 28.9 Å². The van der Waals surface area contributed by atoms with Crippen molar-refractivity contribution in [3.05, 3.63) is 81.2 Å². The van der Waals surface area contributed by atoms with E-state index in [2.05, 4.69) is 27.6 Å². The zero-order chi connectivity index (χ0) is 30.7. The first kappa shape index (κ1) is 30.2. The number of anilines is 2. The second-order valence-electron chi connectivity index (χ2n) is 11.2. The third-order valence-corrected chi connectivity index (χ3v) is 8.33. The summed E-state index contributed by atoms with van der Waals surface area (Å²) in [7, 11) is 2.06. The highest BCUT2D eigenvalue weighted by Crippen LogP contribution is 2.37. The SMILES string of the molecule is Cc1[nH]c(C=C2C(=O)Nc3cccc(CCO)c32)c(C)c1C(=O)N1CCN(C)CC1.O=C1Cc2c(CCO)cccc2N1. The smallest absolute Gasteiger partial charge is 0.256 e. The van der Waals surface area contributed by atoms with Crippen molar-refractivity contribution < 1.29 is 24.6 Å². The monoisotopic (exact) mass is 585 g/mol. The van der Waals surface area contributed by atoms with Gasteiger partial charge in [-0.05, 0) is 74.2 Å². The Hall–Kier alpha value is -4.25. The molecule has 6 rings (SSSR count). The Labute approximate surface area is 251 Å². The average Bonchev–Trinajstić information content (AvgIpc) is 3.61. The van der Waals surface area contributed by atoms with E-state index in [9.17, 15) is 19.5 Å². The molecule has 3 amide bonds. The fourth-order valence-electron chi connectivity index (χ4n) is 6.01. The maximum absolute atomic E-state index is 13.2. The van der Waals surface area contributed by atoms with Crippen LogP contribution in [0.1, 0.15) is 49.6 Å². The van der Waals surface area contributed by atoms with Crippen LogP contribution < -0.4 is 10.6 Å². The summed E-state index contributed by atoms with van der Waals surface area (Å²) in [6.45, 7) is 7.15. The minimum absolute atomic E-state index is 0.0161. The van der Waals surface area contributed by atoms with Crippen LogP contribution in [0.25, 0.3) is 11.6 Å². The zero-order valence-electron chi connectivity index (χ0n) is 24.9. The first-order chi connectivity index (χ1) is 20.7. The number of aliphatic hydroxyl groups is 2. The van der Waals surface area contributed by atoms with Gasteiger partial charge in [-0.1, -0.05) is 24.3 Å². The maximum atomic E-state index is 13.2. The highest BCUT2D eigenvalue weighted by molar-refractivity contribution is 6.35. The van der Waals surface area contributed by atoms with Crippen LogP contribution in [0.4, 0.5) is 11.4 Å². The van der Waals surface area contributed by atoms with Crippen molar-refractivity contribution in [3.63, 3.8) is 0 Å². The lowest BCUT2D eigenvalue weighted by atomic mass is 9.97. The second kappa shape index (κ2) is 12.9. The summed E-state index contributed by atoms with van der Waals surface area (Å²) in [6.07, 6.45) is 3.38. The fourth-order valence-corrected chi connectivity index (χ4v) is 6.01. The molecule has 0 aliphatic carbocycles. The molecule has 10 nitrogen and oxygen atoms in total. The first-order valence-electron chi connectivity index (χ1n) is 14.7. The molecule has 0 spiro atoms. The largest absolute Gasteiger partial charge is 0.396 e. The first-order valence-corrected chi connectivity index (χ1v) is 14.7. The van der Waals surface area contributed by atoms with Gasteiger partial charge in [-0.25, -0.2) is 0 Å². The van der Waals surface area contributed by atoms with Gasteiger partial charge < -0.3 is 35.6 Å². The number of nitrogens with zero attached hydrogens (tertiary/aromatic N) is 2. The van der Waals surface area contributed by atoms with Crippen LogP contribution in [-0.4, -0.2) is 89.2 Å². The Morgan fingerprint density at radius 1 is 0.907 bits per heavy atom. The number of fused-ring (bicyclic) bond motifs is 2. The number of likely N-dealkylation sites (N-methyl/N-ethyl adjacent to an activating group) is 1. The van der Waals surface area contributed by atoms with Crippen molar-refractivity contribution in [2.75, 3.05) is 57.1 Å². The van der Waals surface area contributed by atoms with Crippen LogP contribution in [0.3, 0.4) is 0 Å². The average molecular weight is 586 g/mol. The van der Waals surface area contributed by atoms with Crippen molar-refractivity contribution in [3.8, 4) is 0 Å². The Bertz CT molecular complexity index is 1580. The third-order valence-electron chi connectivity index (χ3n) is 8.33. The van der Waals surface area contributed by atoms with Crippen LogP contribution in [0, 0.1) is 13.8 Å². The topological polar surface area (TPSA) is 138 Å². The van der Waals surface area contributed by atoms with Crippen molar-refractivity contribution in [2.45, 2.75) is 33.1 Å². The molecule has 0 unspecified atom stereocenters. The maximum Gasteiger partial charge on any atom is 0.256 e. The number of carbonyl (C=O) groups excluding carboxylic acids is 3. The van der Waals surface area contributed by atoms with Crippen LogP contribution in [0.2, 0.25) is 0 Å². The summed E-state index contributed by atoms with van der Waals surface area (Å²) >= 11 is 0. The van der Waals surface area contributed by atoms with Crippen LogP contribution in [0.15, 0.2) is 36.4 Å². The number of aromatic amines is 1. The van der Waals surface area contributed by atoms with Gasteiger partial charge in [0.25, 0.3) is 11.8 Å². The number of H-pyrrole nitrogens is 1. The van der Waals surface area contributed by atoms with Gasteiger partial charge in [-0.3, -0.25) is 14.4 Å². The number of hydrogen-bond acceptors (Lipinski definition) is 6. The molecule has 226 valence electrons. The van der Waals surface area contributed by atoms with E-state index in [1.165, 1.54) is 0 Å². The second-order valence-corrected chi connectivity index (χ2v) is 11.2. The van der Waals surface area contributed by atoms with Crippen molar-refractivity contribution in [2.24, 2.45) is 0 Å². The zero-order valence-corrected chi connectivity index (χ0v) is 24.9. The van der Waals surface area contributed by atoms with E-state index >= 15 is 0 Å². The lowest BCUT2D eigenvalue weighted by Gasteiger charge is -2.32. The molecule has 4 heterocycles. The molecule has 3 aromatic rings. The summed E-state index contributed by atoms with van der Waals surface area (Å²) < 4.78 is 0. The molecular weight excluding hydrogens is 546 g/mol. The Balaban J connectivity index is 0.000000235. The molecule has 10 heteroatoms. The molecule has 0 saturated carbocycles. The fraction of sp³-hybridized carbons (Fsp3) is 0.364. The Kier molecular flexibility index (Phi) is 9.10. The lowest BCUT2D eigenvalue weighted by molar-refractivity contribution is -0.115. The normalized spacial score (nSPS) is 16.9. The van der Waals surface area contributed by atoms with Crippen molar-refractivity contribution in [1.29, 1.82) is 0 Å². The molecule has 3 aliphatic heterocycles. The number of aromatic nitrogens is 1. The number of rotatable bonds is 6. The number of hydrogen-bond donors (Lipinski definition) is 5. The minimum Gasteiger partial charge on any atom is -0.396 e. The van der Waals surface area contributed by atoms with Crippen LogP contribution >= 0.6 is 0 Å². The quantitative estimate of drug-likeness (QED) is 0.282. The highest BCUT2D eigenvalue weighted by atomic mass is 16.3. The molecule has 43 heavy (non-hydrogen) atoms. The van der Waals surface area contributed by atoms with Crippen LogP contribution in [0.5, 0.6) is 0 Å². The van der Waals surface area contributed by atoms with Gasteiger partial charge in [-0.15, -0.1) is 0 Å². The molecule has 1 saturated heterocycles. The standard InChI is InChI=1S/C23H28N4O3.C10H11NO2/c1-14-19(24-15(2)20(14)23(30)27-10-8-26(3)9-11-27)13-17-21-16(7-12-28)5-4-6-18(21)25-22(17)29;12-5-4-7-2-1-3-9-8(7)6-10(13)11-9/h4-6,13,24,28H,7-12H2,1-3H3,(H,25,29);1-3,12H,4-6H2,(H,11,13). The summed E-state index contributed by atoms with van der Waals surface area (Å²) in [5.41, 5.74) is 9.19. The summed E-state index contributed by atoms with van der Waals surface area (Å²) in [6, 6.07) is 11.4. The number of aliphatic hydroxyl groups excluding tert-OH is 2. The van der Waals surface area contributed by atoms with E-state index in [1.54, 1.807) is 0 Å². The van der Waals surface area contributed by atoms with E-state index in [0.717, 1.165) is 76.8 Å². The van der Waals surface area contributed by atoms with E-state index in [-0.39, 0.29) is 30.9 Å². The van der Waals surface area contributed by atoms with Gasteiger partial charge in [0.1, 0.15) is 0 Å². The molecule has 1 fully saturated rings. The Morgan fingerprint density at radius 3 is 2.26 bits per heavy atom. The summed E-state index contributed by atoms with van der Waals surface area (Å²) in [5.74, 6) is -0.0920. The molecule has 0 atom stereocenters. The predicted molar refractivity (Wildman–Crippen MR) is 167 cm³/mol. The van der Waals surface area contributed by atoms with E-state index in [0.29, 0.717) is 30.4 Å². The molecule has 2 aromatic carbocycles. The number of benzene rings is 2. The van der Waals surface area contributed by atoms with Gasteiger partial charge in [-0.2, -0.15) is 0 Å². The van der Waals surface area contributed by atoms with Gasteiger partial charge in [0.05, 0.1) is 17.6 Å². The number of carbonyl (C=O) groups is 3. The number of nitrogens with one attached hydrogen (secondary N) is 3. The molecular formula is C33H39N5O5. The van der Waals surface area contributed by atoms with Crippen molar-refractivity contribution >= 4 is 40.7 Å². The molecule has 3 aliphatic rings. The van der Waals surface area contributed by atoms with Gasteiger partial charge in [0.15, 0.2) is 0 Å². The Morgan fingerprint density at radius 2 is 1.56 bits per heavy atom. The summed E-state index contributed by atoms with van der Waals surface area (Å²) in [5, 5.41) is 23.9. The minimum atomic E-state index is -0.172. The van der Waals surface area contributed by atoms with Gasteiger partial charge in [0, 0.05) is 67.7 Å². The number of amides is 3. The van der Waals surface area contributed by atoms with Crippen molar-refractivity contribution in [1.82, 2.24) is 14.8 Å². The number of piperazine rings is 1. The predicted octanol–water partition coefficient (Wildman–Crippen LogP) is 2.76. The summed E-state index contributed by atoms with van der Waals surface area (Å²) in [4.78, 5) is 44.3. The van der Waals surface area contributed by atoms with E-state index in [1.807, 2.05) is 61.2 Å². The molecule has 0 bridgehead atoms. The molecule has 1 aromatic heterocycles. The highest BCUT2D eigenvalue weighted by Gasteiger charge is 2.29. The lowest BCUT2D eigenvalue weighted by Crippen LogP contribution is -2.47. The van der Waals surface area contributed by atoms with E-state index < -0.39 is 0 Å². The van der Waals surface area contributed by atoms with Gasteiger partial charge >= 0.3 is 0 Å². The number of aryl methyl sites for hydroxylation is 1. The molecule has 0 radical (unpaired) electrons. The van der Waals surface area contributed by atoms with Gasteiger partial charge in [0.2, 0.25) is 5.91 Å². The van der Waals surface area contributed by atoms with E-state index in [4.69, 9.17) is 5.11 Å².